The van der Waals surface area contributed by atoms with E-state index < -0.39 is 18.0 Å². The number of benzene rings is 1. The maximum atomic E-state index is 13.6. The van der Waals surface area contributed by atoms with Crippen molar-refractivity contribution < 1.29 is 18.0 Å². The van der Waals surface area contributed by atoms with Gasteiger partial charge in [-0.2, -0.15) is 18.4 Å². The van der Waals surface area contributed by atoms with Gasteiger partial charge in [-0.05, 0) is 37.0 Å². The Morgan fingerprint density at radius 2 is 1.87 bits per heavy atom. The zero-order chi connectivity index (χ0) is 22.0. The van der Waals surface area contributed by atoms with E-state index in [9.17, 15) is 18.0 Å². The first-order valence-corrected chi connectivity index (χ1v) is 10.5. The van der Waals surface area contributed by atoms with Gasteiger partial charge < -0.3 is 4.90 Å². The fraction of sp³-hybridized carbons (Fsp3) is 0.360. The molecule has 0 bridgehead atoms. The second kappa shape index (κ2) is 8.58. The number of allylic oxidation sites excluding steroid dienone is 5. The molecule has 1 amide bonds. The predicted octanol–water partition coefficient (Wildman–Crippen LogP) is 5.47. The highest BCUT2D eigenvalue weighted by molar-refractivity contribution is 5.96. The third kappa shape index (κ3) is 4.51. The van der Waals surface area contributed by atoms with E-state index in [0.717, 1.165) is 30.5 Å². The normalized spacial score (nSPS) is 25.5. The summed E-state index contributed by atoms with van der Waals surface area (Å²) >= 11 is 0. The minimum atomic E-state index is -4.35. The van der Waals surface area contributed by atoms with Gasteiger partial charge in [0.2, 0.25) is 0 Å². The molecule has 4 rings (SSSR count). The zero-order valence-corrected chi connectivity index (χ0v) is 17.0. The van der Waals surface area contributed by atoms with Crippen molar-refractivity contribution in [3.05, 3.63) is 83.1 Å². The van der Waals surface area contributed by atoms with Crippen LogP contribution in [0.4, 0.5) is 13.2 Å². The van der Waals surface area contributed by atoms with Crippen LogP contribution in [0.1, 0.15) is 30.4 Å². The van der Waals surface area contributed by atoms with Crippen molar-refractivity contribution >= 4 is 5.91 Å². The van der Waals surface area contributed by atoms with Crippen molar-refractivity contribution in [2.24, 2.45) is 17.8 Å². The molecule has 3 aliphatic rings. The number of hydrogen-bond acceptors (Lipinski definition) is 2. The maximum absolute atomic E-state index is 13.6. The van der Waals surface area contributed by atoms with E-state index in [1.807, 2.05) is 24.3 Å². The topological polar surface area (TPSA) is 44.1 Å². The lowest BCUT2D eigenvalue weighted by Crippen LogP contribution is -2.44. The lowest BCUT2D eigenvalue weighted by Gasteiger charge is -2.40. The highest BCUT2D eigenvalue weighted by Crippen LogP contribution is 2.40. The number of carbonyl (C=O) groups is 1. The van der Waals surface area contributed by atoms with E-state index in [4.69, 9.17) is 5.26 Å². The maximum Gasteiger partial charge on any atom is 0.395 e. The predicted molar refractivity (Wildman–Crippen MR) is 111 cm³/mol. The standard InChI is InChI=1S/C25H23F3N2O/c26-25(27,28)22-7-3-1-6-20(22)16-30-23-8-4-2-5-19(23)14-21(24(30)31)13-17-9-11-18(15-29)12-10-17/h1,3,6-12,14,19-20,22H,2,4-5,13,16H2. The summed E-state index contributed by atoms with van der Waals surface area (Å²) in [5, 5.41) is 8.97. The molecule has 0 saturated heterocycles. The van der Waals surface area contributed by atoms with Gasteiger partial charge in [-0.25, -0.2) is 0 Å². The van der Waals surface area contributed by atoms with Crippen LogP contribution < -0.4 is 0 Å². The number of fused-ring (bicyclic) bond motifs is 1. The van der Waals surface area contributed by atoms with Crippen molar-refractivity contribution in [2.45, 2.75) is 31.9 Å². The Labute approximate surface area is 179 Å². The van der Waals surface area contributed by atoms with Gasteiger partial charge in [-0.15, -0.1) is 0 Å². The Morgan fingerprint density at radius 1 is 1.13 bits per heavy atom. The first-order valence-electron chi connectivity index (χ1n) is 10.5. The molecule has 0 radical (unpaired) electrons. The van der Waals surface area contributed by atoms with Crippen LogP contribution in [-0.2, 0) is 11.2 Å². The third-order valence-corrected chi connectivity index (χ3v) is 6.18. The lowest BCUT2D eigenvalue weighted by molar-refractivity contribution is -0.172. The van der Waals surface area contributed by atoms with Gasteiger partial charge in [0.25, 0.3) is 5.91 Å². The van der Waals surface area contributed by atoms with E-state index in [1.165, 1.54) is 12.2 Å². The molecule has 1 aromatic rings. The van der Waals surface area contributed by atoms with E-state index in [0.29, 0.717) is 17.6 Å². The molecule has 0 saturated carbocycles. The second-order valence-corrected chi connectivity index (χ2v) is 8.26. The first kappa shape index (κ1) is 21.2. The molecule has 3 nitrogen and oxygen atoms in total. The Hall–Kier alpha value is -3.07. The van der Waals surface area contributed by atoms with Crippen molar-refractivity contribution in [3.63, 3.8) is 0 Å². The van der Waals surface area contributed by atoms with E-state index in [-0.39, 0.29) is 18.4 Å². The lowest BCUT2D eigenvalue weighted by atomic mass is 9.82. The van der Waals surface area contributed by atoms with Gasteiger partial charge in [-0.3, -0.25) is 4.79 Å². The summed E-state index contributed by atoms with van der Waals surface area (Å²) in [6, 6.07) is 9.12. The van der Waals surface area contributed by atoms with E-state index in [2.05, 4.69) is 6.07 Å². The second-order valence-electron chi connectivity index (χ2n) is 8.26. The number of alkyl halides is 3. The van der Waals surface area contributed by atoms with Crippen LogP contribution in [0.15, 0.2) is 72.0 Å². The molecule has 31 heavy (non-hydrogen) atoms. The van der Waals surface area contributed by atoms with Gasteiger partial charge >= 0.3 is 6.18 Å². The number of amides is 1. The van der Waals surface area contributed by atoms with Crippen LogP contribution in [0, 0.1) is 29.1 Å². The molecule has 0 aromatic heterocycles. The average Bonchev–Trinajstić information content (AvgIpc) is 2.76. The van der Waals surface area contributed by atoms with E-state index in [1.54, 1.807) is 29.2 Å². The number of nitriles is 1. The Kier molecular flexibility index (Phi) is 5.86. The number of hydrogen-bond donors (Lipinski definition) is 0. The summed E-state index contributed by atoms with van der Waals surface area (Å²) in [4.78, 5) is 15.0. The van der Waals surface area contributed by atoms with Crippen LogP contribution in [0.2, 0.25) is 0 Å². The van der Waals surface area contributed by atoms with Gasteiger partial charge in [0.05, 0.1) is 17.6 Å². The van der Waals surface area contributed by atoms with Gasteiger partial charge in [0.15, 0.2) is 0 Å². The fourth-order valence-electron chi connectivity index (χ4n) is 4.60. The van der Waals surface area contributed by atoms with Crippen LogP contribution in [0.5, 0.6) is 0 Å². The summed E-state index contributed by atoms with van der Waals surface area (Å²) in [5.41, 5.74) is 2.88. The van der Waals surface area contributed by atoms with Crippen LogP contribution in [0.3, 0.4) is 0 Å². The molecule has 0 N–H and O–H groups in total. The summed E-state index contributed by atoms with van der Waals surface area (Å²) < 4.78 is 40.7. The van der Waals surface area contributed by atoms with Crippen molar-refractivity contribution in [1.29, 1.82) is 5.26 Å². The number of carbonyl (C=O) groups excluding carboxylic acids is 1. The molecule has 3 atom stereocenters. The molecular weight excluding hydrogens is 401 g/mol. The molecule has 1 aromatic carbocycles. The number of nitrogens with zero attached hydrogens (tertiary/aromatic N) is 2. The monoisotopic (exact) mass is 424 g/mol. The SMILES string of the molecule is N#Cc1ccc(CC2=CC3CCCC=C3N(CC3C=CC=CC3C(F)(F)F)C2=O)cc1. The summed E-state index contributed by atoms with van der Waals surface area (Å²) in [6.07, 6.45) is 8.53. The van der Waals surface area contributed by atoms with Gasteiger partial charge in [0, 0.05) is 36.1 Å². The highest BCUT2D eigenvalue weighted by Gasteiger charge is 2.44. The minimum absolute atomic E-state index is 0.0108. The Balaban J connectivity index is 1.61. The van der Waals surface area contributed by atoms with Crippen LogP contribution in [-0.4, -0.2) is 23.5 Å². The molecule has 3 unspecified atom stereocenters. The Morgan fingerprint density at radius 3 is 2.58 bits per heavy atom. The van der Waals surface area contributed by atoms with Crippen molar-refractivity contribution in [1.82, 2.24) is 4.90 Å². The van der Waals surface area contributed by atoms with Crippen LogP contribution >= 0.6 is 0 Å². The molecule has 6 heteroatoms. The van der Waals surface area contributed by atoms with Gasteiger partial charge in [0.1, 0.15) is 0 Å². The molecule has 0 fully saturated rings. The van der Waals surface area contributed by atoms with Gasteiger partial charge in [-0.1, -0.05) is 48.6 Å². The first-order chi connectivity index (χ1) is 14.9. The summed E-state index contributed by atoms with van der Waals surface area (Å²) in [5.74, 6) is -2.59. The highest BCUT2D eigenvalue weighted by atomic mass is 19.4. The number of rotatable bonds is 4. The fourth-order valence-corrected chi connectivity index (χ4v) is 4.60. The summed E-state index contributed by atoms with van der Waals surface area (Å²) in [6.45, 7) is 0.0108. The Bertz CT molecular complexity index is 1010. The molecule has 0 spiro atoms. The largest absolute Gasteiger partial charge is 0.395 e. The van der Waals surface area contributed by atoms with Crippen molar-refractivity contribution in [3.8, 4) is 6.07 Å². The molecule has 1 aliphatic heterocycles. The quantitative estimate of drug-likeness (QED) is 0.643. The average molecular weight is 424 g/mol. The van der Waals surface area contributed by atoms with Crippen LogP contribution in [0.25, 0.3) is 0 Å². The minimum Gasteiger partial charge on any atom is -0.312 e. The van der Waals surface area contributed by atoms with Crippen molar-refractivity contribution in [2.75, 3.05) is 6.54 Å². The zero-order valence-electron chi connectivity index (χ0n) is 17.0. The third-order valence-electron chi connectivity index (χ3n) is 6.18. The number of halogens is 3. The molecule has 160 valence electrons. The molecule has 1 heterocycles. The van der Waals surface area contributed by atoms with E-state index >= 15 is 0 Å². The smallest absolute Gasteiger partial charge is 0.312 e. The summed E-state index contributed by atoms with van der Waals surface area (Å²) in [7, 11) is 0. The molecule has 2 aliphatic carbocycles. The molecular formula is C25H23F3N2O.